The number of aromatic nitrogens is 1. The summed E-state index contributed by atoms with van der Waals surface area (Å²) in [7, 11) is 0. The molecule has 0 bridgehead atoms. The Morgan fingerprint density at radius 2 is 2.00 bits per heavy atom. The van der Waals surface area contributed by atoms with Crippen molar-refractivity contribution in [2.45, 2.75) is 32.2 Å². The number of nitrogens with zero attached hydrogens (tertiary/aromatic N) is 2. The Kier molecular flexibility index (Phi) is 7.22. The highest BCUT2D eigenvalue weighted by Gasteiger charge is 2.28. The smallest absolute Gasteiger partial charge is 0.261 e. The van der Waals surface area contributed by atoms with Crippen LogP contribution in [0.5, 0.6) is 5.75 Å². The van der Waals surface area contributed by atoms with E-state index in [4.69, 9.17) is 4.74 Å². The summed E-state index contributed by atoms with van der Waals surface area (Å²) in [5.74, 6) is 0.722. The Morgan fingerprint density at radius 1 is 1.26 bits per heavy atom. The van der Waals surface area contributed by atoms with Crippen LogP contribution in [0.3, 0.4) is 0 Å². The van der Waals surface area contributed by atoms with Crippen LogP contribution in [0.25, 0.3) is 0 Å². The van der Waals surface area contributed by atoms with Crippen molar-refractivity contribution in [1.29, 1.82) is 0 Å². The number of hydrogen-bond donors (Lipinski definition) is 1. The minimum atomic E-state index is -0.00295. The average Bonchev–Trinajstić information content (AvgIpc) is 2.66. The molecule has 1 aliphatic heterocycles. The predicted molar refractivity (Wildman–Crippen MR) is 109 cm³/mol. The summed E-state index contributed by atoms with van der Waals surface area (Å²) in [6.45, 7) is 8.77. The highest BCUT2D eigenvalue weighted by molar-refractivity contribution is 5.85. The van der Waals surface area contributed by atoms with Gasteiger partial charge in [0.15, 0.2) is 6.61 Å². The SMILES string of the molecule is CC(C)(C)c1ccc(OCC(=O)N2CCNCC2c2cccnc2)cc1.Cl. The van der Waals surface area contributed by atoms with Crippen molar-refractivity contribution in [2.24, 2.45) is 0 Å². The standard InChI is InChI=1S/C21H27N3O2.ClH/c1-21(2,3)17-6-8-18(9-7-17)26-15-20(25)24-12-11-23-14-19(24)16-5-4-10-22-13-16;/h4-10,13,19,23H,11-12,14-15H2,1-3H3;1H. The van der Waals surface area contributed by atoms with Gasteiger partial charge in [0.1, 0.15) is 5.75 Å². The van der Waals surface area contributed by atoms with Gasteiger partial charge in [-0.15, -0.1) is 12.4 Å². The number of carbonyl (C=O) groups excluding carboxylic acids is 1. The molecule has 0 spiro atoms. The molecule has 6 heteroatoms. The quantitative estimate of drug-likeness (QED) is 0.871. The van der Waals surface area contributed by atoms with Gasteiger partial charge in [-0.2, -0.15) is 0 Å². The molecule has 1 atom stereocenters. The van der Waals surface area contributed by atoms with E-state index < -0.39 is 0 Å². The fraction of sp³-hybridized carbons (Fsp3) is 0.429. The third-order valence-electron chi connectivity index (χ3n) is 4.72. The van der Waals surface area contributed by atoms with Crippen molar-refractivity contribution in [2.75, 3.05) is 26.2 Å². The number of rotatable bonds is 4. The normalized spacial score (nSPS) is 17.1. The molecule has 1 fully saturated rings. The molecule has 0 aliphatic carbocycles. The molecule has 5 nitrogen and oxygen atoms in total. The van der Waals surface area contributed by atoms with Gasteiger partial charge in [0, 0.05) is 32.0 Å². The summed E-state index contributed by atoms with van der Waals surface area (Å²) < 4.78 is 5.75. The molecule has 27 heavy (non-hydrogen) atoms. The number of ether oxygens (including phenoxy) is 1. The second-order valence-corrected chi connectivity index (χ2v) is 7.66. The van der Waals surface area contributed by atoms with Crippen LogP contribution in [-0.4, -0.2) is 42.0 Å². The topological polar surface area (TPSA) is 54.5 Å². The van der Waals surface area contributed by atoms with Gasteiger partial charge in [-0.1, -0.05) is 39.0 Å². The lowest BCUT2D eigenvalue weighted by atomic mass is 9.87. The maximum atomic E-state index is 12.7. The lowest BCUT2D eigenvalue weighted by Gasteiger charge is -2.36. The van der Waals surface area contributed by atoms with Gasteiger partial charge in [-0.05, 0) is 34.7 Å². The minimum absolute atomic E-state index is 0. The Morgan fingerprint density at radius 3 is 2.63 bits per heavy atom. The van der Waals surface area contributed by atoms with E-state index in [0.717, 1.165) is 24.4 Å². The molecule has 1 unspecified atom stereocenters. The second-order valence-electron chi connectivity index (χ2n) is 7.66. The summed E-state index contributed by atoms with van der Waals surface area (Å²) in [5.41, 5.74) is 2.39. The third kappa shape index (κ3) is 5.44. The van der Waals surface area contributed by atoms with Gasteiger partial charge in [-0.25, -0.2) is 0 Å². The maximum Gasteiger partial charge on any atom is 0.261 e. The van der Waals surface area contributed by atoms with Gasteiger partial charge in [0.2, 0.25) is 0 Å². The van der Waals surface area contributed by atoms with Crippen LogP contribution in [0.1, 0.15) is 37.9 Å². The van der Waals surface area contributed by atoms with E-state index in [1.165, 1.54) is 5.56 Å². The zero-order valence-corrected chi connectivity index (χ0v) is 17.0. The van der Waals surface area contributed by atoms with Gasteiger partial charge in [0.05, 0.1) is 6.04 Å². The van der Waals surface area contributed by atoms with Crippen LogP contribution in [0.15, 0.2) is 48.8 Å². The lowest BCUT2D eigenvalue weighted by Crippen LogP contribution is -2.50. The number of nitrogens with one attached hydrogen (secondary N) is 1. The average molecular weight is 390 g/mol. The van der Waals surface area contributed by atoms with Crippen LogP contribution in [0, 0.1) is 0 Å². The molecule has 1 N–H and O–H groups in total. The van der Waals surface area contributed by atoms with Crippen LogP contribution in [0.4, 0.5) is 0 Å². The Labute approximate surface area is 167 Å². The van der Waals surface area contributed by atoms with Crippen LogP contribution in [0.2, 0.25) is 0 Å². The number of halogens is 1. The van der Waals surface area contributed by atoms with E-state index in [0.29, 0.717) is 6.54 Å². The molecule has 2 heterocycles. The van der Waals surface area contributed by atoms with Crippen molar-refractivity contribution in [3.63, 3.8) is 0 Å². The Balaban J connectivity index is 0.00000261. The maximum absolute atomic E-state index is 12.7. The molecule has 1 amide bonds. The van der Waals surface area contributed by atoms with E-state index >= 15 is 0 Å². The zero-order chi connectivity index (χ0) is 18.6. The van der Waals surface area contributed by atoms with E-state index in [-0.39, 0.29) is 36.4 Å². The van der Waals surface area contributed by atoms with Crippen molar-refractivity contribution >= 4 is 18.3 Å². The Bertz CT molecular complexity index is 729. The van der Waals surface area contributed by atoms with Crippen molar-refractivity contribution < 1.29 is 9.53 Å². The third-order valence-corrected chi connectivity index (χ3v) is 4.72. The summed E-state index contributed by atoms with van der Waals surface area (Å²) in [4.78, 5) is 18.8. The molecule has 1 aliphatic rings. The highest BCUT2D eigenvalue weighted by atomic mass is 35.5. The number of amides is 1. The van der Waals surface area contributed by atoms with Gasteiger partial charge >= 0.3 is 0 Å². The summed E-state index contributed by atoms with van der Waals surface area (Å²) in [6.07, 6.45) is 3.57. The molecule has 3 rings (SSSR count). The predicted octanol–water partition coefficient (Wildman–Crippen LogP) is 3.35. The number of benzene rings is 1. The molecule has 1 aromatic heterocycles. The van der Waals surface area contributed by atoms with Crippen LogP contribution < -0.4 is 10.1 Å². The minimum Gasteiger partial charge on any atom is -0.484 e. The first-order valence-corrected chi connectivity index (χ1v) is 9.08. The zero-order valence-electron chi connectivity index (χ0n) is 16.1. The van der Waals surface area contributed by atoms with E-state index in [1.54, 1.807) is 6.20 Å². The molecule has 0 radical (unpaired) electrons. The molecule has 0 saturated carbocycles. The van der Waals surface area contributed by atoms with E-state index in [1.807, 2.05) is 35.4 Å². The lowest BCUT2D eigenvalue weighted by molar-refractivity contribution is -0.136. The molecule has 1 aromatic carbocycles. The number of hydrogen-bond acceptors (Lipinski definition) is 4. The molecule has 146 valence electrons. The monoisotopic (exact) mass is 389 g/mol. The number of pyridine rings is 1. The second kappa shape index (κ2) is 9.20. The first-order valence-electron chi connectivity index (χ1n) is 9.08. The molecule has 1 saturated heterocycles. The van der Waals surface area contributed by atoms with Crippen LogP contribution in [-0.2, 0) is 10.2 Å². The van der Waals surface area contributed by atoms with Crippen molar-refractivity contribution in [1.82, 2.24) is 15.2 Å². The summed E-state index contributed by atoms with van der Waals surface area (Å²) >= 11 is 0. The van der Waals surface area contributed by atoms with Crippen molar-refractivity contribution in [3.8, 4) is 5.75 Å². The van der Waals surface area contributed by atoms with Gasteiger partial charge in [0.25, 0.3) is 5.91 Å². The fourth-order valence-electron chi connectivity index (χ4n) is 3.15. The van der Waals surface area contributed by atoms with Crippen LogP contribution >= 0.6 is 12.4 Å². The Hall–Kier alpha value is -2.11. The summed E-state index contributed by atoms with van der Waals surface area (Å²) in [6, 6.07) is 11.9. The van der Waals surface area contributed by atoms with Gasteiger partial charge in [-0.3, -0.25) is 9.78 Å². The first-order chi connectivity index (χ1) is 12.4. The highest BCUT2D eigenvalue weighted by Crippen LogP contribution is 2.25. The van der Waals surface area contributed by atoms with E-state index in [9.17, 15) is 4.79 Å². The molecular weight excluding hydrogens is 362 g/mol. The largest absolute Gasteiger partial charge is 0.484 e. The van der Waals surface area contributed by atoms with Gasteiger partial charge < -0.3 is 15.0 Å². The molecular formula is C21H28ClN3O2. The fourth-order valence-corrected chi connectivity index (χ4v) is 3.15. The van der Waals surface area contributed by atoms with E-state index in [2.05, 4.69) is 43.2 Å². The number of carbonyl (C=O) groups is 1. The van der Waals surface area contributed by atoms with Crippen molar-refractivity contribution in [3.05, 3.63) is 59.9 Å². The number of piperazine rings is 1. The molecule has 2 aromatic rings. The summed E-state index contributed by atoms with van der Waals surface area (Å²) in [5, 5.41) is 3.35. The first kappa shape index (κ1) is 21.2.